The van der Waals surface area contributed by atoms with Gasteiger partial charge in [0.1, 0.15) is 0 Å². The minimum absolute atomic E-state index is 0.159. The van der Waals surface area contributed by atoms with Gasteiger partial charge in [-0.3, -0.25) is 10.1 Å². The van der Waals surface area contributed by atoms with Gasteiger partial charge in [-0.2, -0.15) is 0 Å². The highest BCUT2D eigenvalue weighted by Gasteiger charge is 2.18. The number of nitro groups is 1. The van der Waals surface area contributed by atoms with Crippen molar-refractivity contribution in [3.63, 3.8) is 0 Å². The van der Waals surface area contributed by atoms with E-state index in [4.69, 9.17) is 9.84 Å². The predicted molar refractivity (Wildman–Crippen MR) is 64.6 cm³/mol. The largest absolute Gasteiger partial charge is 0.489 e. The molecule has 0 atom stereocenters. The Morgan fingerprint density at radius 1 is 1.50 bits per heavy atom. The molecule has 1 N–H and O–H groups in total. The molecule has 0 fully saturated rings. The monoisotopic (exact) mass is 291 g/mol. The van der Waals surface area contributed by atoms with Crippen LogP contribution in [0.3, 0.4) is 0 Å². The Labute approximate surface area is 102 Å². The predicted octanol–water partition coefficient (Wildman–Crippen LogP) is 2.88. The van der Waals surface area contributed by atoms with E-state index < -0.39 is 4.92 Å². The van der Waals surface area contributed by atoms with Crippen molar-refractivity contribution in [2.24, 2.45) is 0 Å². The lowest BCUT2D eigenvalue weighted by atomic mass is 10.2. The average Bonchev–Trinajstić information content (AvgIpc) is 2.30. The van der Waals surface area contributed by atoms with Crippen molar-refractivity contribution >= 4 is 21.6 Å². The molecule has 0 bridgehead atoms. The standard InChI is InChI=1S/C8H8BrNO4.C2H6/c1-14-8-6(9)2-5(4-11)3-7(8)10(12)13;1-2/h2-3,11H,4H2,1H3;1-2H3. The van der Waals surface area contributed by atoms with Crippen LogP contribution in [0.2, 0.25) is 0 Å². The zero-order chi connectivity index (χ0) is 12.7. The lowest BCUT2D eigenvalue weighted by molar-refractivity contribution is -0.385. The molecule has 0 aromatic heterocycles. The molecule has 1 aromatic rings. The first-order valence-corrected chi connectivity index (χ1v) is 5.51. The smallest absolute Gasteiger partial charge is 0.312 e. The van der Waals surface area contributed by atoms with Crippen LogP contribution >= 0.6 is 15.9 Å². The summed E-state index contributed by atoms with van der Waals surface area (Å²) < 4.78 is 5.32. The quantitative estimate of drug-likeness (QED) is 0.686. The summed E-state index contributed by atoms with van der Waals surface area (Å²) in [6.07, 6.45) is 0. The van der Waals surface area contributed by atoms with E-state index >= 15 is 0 Å². The maximum absolute atomic E-state index is 10.6. The van der Waals surface area contributed by atoms with Crippen LogP contribution in [-0.2, 0) is 6.61 Å². The Hall–Kier alpha value is -1.14. The zero-order valence-corrected chi connectivity index (χ0v) is 10.9. The summed E-state index contributed by atoms with van der Waals surface area (Å²) in [5, 5.41) is 19.5. The number of ether oxygens (including phenoxy) is 1. The van der Waals surface area contributed by atoms with Crippen LogP contribution in [0, 0.1) is 10.1 Å². The molecule has 1 aromatic carbocycles. The molecule has 0 unspecified atom stereocenters. The topological polar surface area (TPSA) is 72.6 Å². The van der Waals surface area contributed by atoms with Gasteiger partial charge in [0.25, 0.3) is 0 Å². The van der Waals surface area contributed by atoms with Crippen LogP contribution in [-0.4, -0.2) is 17.1 Å². The van der Waals surface area contributed by atoms with Crippen molar-refractivity contribution in [1.29, 1.82) is 0 Å². The van der Waals surface area contributed by atoms with E-state index in [2.05, 4.69) is 15.9 Å². The molecule has 0 aliphatic rings. The van der Waals surface area contributed by atoms with E-state index in [1.54, 1.807) is 6.07 Å². The molecule has 0 spiro atoms. The van der Waals surface area contributed by atoms with Gasteiger partial charge in [-0.25, -0.2) is 0 Å². The van der Waals surface area contributed by atoms with Crippen molar-refractivity contribution in [1.82, 2.24) is 0 Å². The molecule has 0 heterocycles. The van der Waals surface area contributed by atoms with Crippen LogP contribution in [0.25, 0.3) is 0 Å². The van der Waals surface area contributed by atoms with E-state index in [0.29, 0.717) is 10.0 Å². The summed E-state index contributed by atoms with van der Waals surface area (Å²) in [6, 6.07) is 2.86. The van der Waals surface area contributed by atoms with Gasteiger partial charge in [-0.15, -0.1) is 0 Å². The first-order chi connectivity index (χ1) is 7.60. The molecule has 5 nitrogen and oxygen atoms in total. The molecule has 1 rings (SSSR count). The highest BCUT2D eigenvalue weighted by Crippen LogP contribution is 2.35. The van der Waals surface area contributed by atoms with E-state index in [-0.39, 0.29) is 18.0 Å². The summed E-state index contributed by atoms with van der Waals surface area (Å²) >= 11 is 3.13. The van der Waals surface area contributed by atoms with Gasteiger partial charge in [-0.05, 0) is 27.6 Å². The van der Waals surface area contributed by atoms with Gasteiger partial charge in [0.2, 0.25) is 5.75 Å². The molecule has 0 aliphatic heterocycles. The number of methoxy groups -OCH3 is 1. The molecule has 0 saturated carbocycles. The number of hydrogen-bond donors (Lipinski definition) is 1. The summed E-state index contributed by atoms with van der Waals surface area (Å²) in [7, 11) is 1.35. The van der Waals surface area contributed by atoms with E-state index in [1.165, 1.54) is 13.2 Å². The van der Waals surface area contributed by atoms with Gasteiger partial charge in [0.15, 0.2) is 0 Å². The molecule has 16 heavy (non-hydrogen) atoms. The molecule has 0 saturated heterocycles. The van der Waals surface area contributed by atoms with Crippen LogP contribution in [0.15, 0.2) is 16.6 Å². The van der Waals surface area contributed by atoms with Crippen LogP contribution in [0.4, 0.5) is 5.69 Å². The molecular weight excluding hydrogens is 278 g/mol. The highest BCUT2D eigenvalue weighted by molar-refractivity contribution is 9.10. The normalized spacial score (nSPS) is 9.06. The van der Waals surface area contributed by atoms with Crippen LogP contribution in [0.5, 0.6) is 5.75 Å². The summed E-state index contributed by atoms with van der Waals surface area (Å²) in [4.78, 5) is 10.1. The van der Waals surface area contributed by atoms with Crippen molar-refractivity contribution in [2.45, 2.75) is 20.5 Å². The second-order valence-corrected chi connectivity index (χ2v) is 3.40. The van der Waals surface area contributed by atoms with Crippen molar-refractivity contribution < 1.29 is 14.8 Å². The SMILES string of the molecule is CC.COc1c(Br)cc(CO)cc1[N+](=O)[O-]. The van der Waals surface area contributed by atoms with Gasteiger partial charge in [-0.1, -0.05) is 13.8 Å². The first-order valence-electron chi connectivity index (χ1n) is 4.71. The summed E-state index contributed by atoms with van der Waals surface area (Å²) in [5.74, 6) is 0.159. The van der Waals surface area contributed by atoms with Crippen LogP contribution in [0.1, 0.15) is 19.4 Å². The minimum Gasteiger partial charge on any atom is -0.489 e. The fourth-order valence-corrected chi connectivity index (χ4v) is 1.72. The molecule has 0 aliphatic carbocycles. The molecule has 6 heteroatoms. The second-order valence-electron chi connectivity index (χ2n) is 2.55. The third-order valence-electron chi connectivity index (χ3n) is 1.67. The Morgan fingerprint density at radius 3 is 2.44 bits per heavy atom. The Balaban J connectivity index is 0.00000106. The Kier molecular flexibility index (Phi) is 6.67. The van der Waals surface area contributed by atoms with E-state index in [9.17, 15) is 10.1 Å². The highest BCUT2D eigenvalue weighted by atomic mass is 79.9. The fraction of sp³-hybridized carbons (Fsp3) is 0.400. The third kappa shape index (κ3) is 3.46. The van der Waals surface area contributed by atoms with Crippen LogP contribution < -0.4 is 4.74 Å². The Morgan fingerprint density at radius 2 is 2.06 bits per heavy atom. The first kappa shape index (κ1) is 14.9. The number of benzene rings is 1. The average molecular weight is 292 g/mol. The zero-order valence-electron chi connectivity index (χ0n) is 9.36. The molecule has 0 radical (unpaired) electrons. The number of hydrogen-bond acceptors (Lipinski definition) is 4. The maximum Gasteiger partial charge on any atom is 0.312 e. The molecule has 90 valence electrons. The van der Waals surface area contributed by atoms with Gasteiger partial charge < -0.3 is 9.84 Å². The van der Waals surface area contributed by atoms with Crippen molar-refractivity contribution in [3.8, 4) is 5.75 Å². The van der Waals surface area contributed by atoms with Crippen molar-refractivity contribution in [3.05, 3.63) is 32.3 Å². The Bertz CT molecular complexity index is 368. The maximum atomic E-state index is 10.6. The third-order valence-corrected chi connectivity index (χ3v) is 2.26. The molecular formula is C10H14BrNO4. The lowest BCUT2D eigenvalue weighted by Crippen LogP contribution is -1.96. The summed E-state index contributed by atoms with van der Waals surface area (Å²) in [5.41, 5.74) is 0.301. The minimum atomic E-state index is -0.553. The number of nitro benzene ring substituents is 1. The number of aliphatic hydroxyl groups is 1. The number of aliphatic hydroxyl groups excluding tert-OH is 1. The fourth-order valence-electron chi connectivity index (χ4n) is 1.06. The van der Waals surface area contributed by atoms with E-state index in [0.717, 1.165) is 0 Å². The molecule has 0 amide bonds. The number of rotatable bonds is 3. The van der Waals surface area contributed by atoms with Gasteiger partial charge in [0.05, 0.1) is 23.1 Å². The number of halogens is 1. The van der Waals surface area contributed by atoms with Gasteiger partial charge in [0, 0.05) is 6.07 Å². The summed E-state index contributed by atoms with van der Waals surface area (Å²) in [6.45, 7) is 3.75. The number of nitrogens with zero attached hydrogens (tertiary/aromatic N) is 1. The second kappa shape index (κ2) is 7.19. The van der Waals surface area contributed by atoms with E-state index in [1.807, 2.05) is 13.8 Å². The van der Waals surface area contributed by atoms with Crippen molar-refractivity contribution in [2.75, 3.05) is 7.11 Å². The van der Waals surface area contributed by atoms with Gasteiger partial charge >= 0.3 is 5.69 Å². The lowest BCUT2D eigenvalue weighted by Gasteiger charge is -2.05.